The Kier molecular flexibility index (Phi) is 3.77. The number of aromatic nitrogens is 3. The number of hydrogen-bond donors (Lipinski definition) is 0. The minimum Gasteiger partial charge on any atom is -0.244 e. The highest BCUT2D eigenvalue weighted by Gasteiger charge is 2.10. The van der Waals surface area contributed by atoms with Crippen molar-refractivity contribution in [3.63, 3.8) is 0 Å². The maximum atomic E-state index is 4.84. The zero-order valence-electron chi connectivity index (χ0n) is 14.6. The maximum absolute atomic E-state index is 4.84. The molecule has 0 saturated carbocycles. The molecule has 0 unspecified atom stereocenters. The molecular formula is C22H19N3. The van der Waals surface area contributed by atoms with E-state index in [4.69, 9.17) is 9.97 Å². The Morgan fingerprint density at radius 3 is 2.36 bits per heavy atom. The summed E-state index contributed by atoms with van der Waals surface area (Å²) in [5.74, 6) is 0.670. The van der Waals surface area contributed by atoms with Crippen LogP contribution in [-0.2, 0) is 0 Å². The number of aryl methyl sites for hydroxylation is 3. The van der Waals surface area contributed by atoms with E-state index >= 15 is 0 Å². The highest BCUT2D eigenvalue weighted by molar-refractivity contribution is 5.82. The molecule has 3 heteroatoms. The number of benzene rings is 2. The van der Waals surface area contributed by atoms with Gasteiger partial charge < -0.3 is 0 Å². The topological polar surface area (TPSA) is 38.7 Å². The van der Waals surface area contributed by atoms with E-state index in [1.54, 1.807) is 0 Å². The molecule has 25 heavy (non-hydrogen) atoms. The fourth-order valence-corrected chi connectivity index (χ4v) is 3.07. The molecule has 0 amide bonds. The summed E-state index contributed by atoms with van der Waals surface area (Å²) in [6, 6.07) is 20.5. The van der Waals surface area contributed by atoms with E-state index in [1.165, 1.54) is 11.1 Å². The van der Waals surface area contributed by atoms with Crippen LogP contribution in [0.3, 0.4) is 0 Å². The van der Waals surface area contributed by atoms with E-state index in [9.17, 15) is 0 Å². The van der Waals surface area contributed by atoms with E-state index in [-0.39, 0.29) is 0 Å². The number of para-hydroxylation sites is 1. The van der Waals surface area contributed by atoms with Gasteiger partial charge in [0.15, 0.2) is 5.82 Å². The van der Waals surface area contributed by atoms with Crippen LogP contribution in [0.1, 0.15) is 16.8 Å². The number of nitrogens with zero attached hydrogens (tertiary/aromatic N) is 3. The maximum Gasteiger partial charge on any atom is 0.178 e. The Labute approximate surface area is 147 Å². The van der Waals surface area contributed by atoms with Crippen molar-refractivity contribution < 1.29 is 0 Å². The molecule has 0 spiro atoms. The Hall–Kier alpha value is -3.07. The van der Waals surface area contributed by atoms with Gasteiger partial charge in [-0.3, -0.25) is 0 Å². The van der Waals surface area contributed by atoms with Gasteiger partial charge in [-0.05, 0) is 50.6 Å². The first-order chi connectivity index (χ1) is 12.1. The van der Waals surface area contributed by atoms with Crippen LogP contribution in [0.2, 0.25) is 0 Å². The zero-order valence-corrected chi connectivity index (χ0v) is 14.6. The van der Waals surface area contributed by atoms with Gasteiger partial charge in [-0.25, -0.2) is 15.0 Å². The molecule has 4 aromatic rings. The molecule has 2 aromatic heterocycles. The molecule has 3 nitrogen and oxygen atoms in total. The van der Waals surface area contributed by atoms with Gasteiger partial charge in [-0.15, -0.1) is 0 Å². The fourth-order valence-electron chi connectivity index (χ4n) is 3.07. The molecule has 2 aromatic carbocycles. The van der Waals surface area contributed by atoms with Crippen LogP contribution in [0.25, 0.3) is 33.7 Å². The number of fused-ring (bicyclic) bond motifs is 1. The van der Waals surface area contributed by atoms with Gasteiger partial charge in [-0.2, -0.15) is 0 Å². The van der Waals surface area contributed by atoms with Gasteiger partial charge in [0.1, 0.15) is 5.69 Å². The Bertz CT molecular complexity index is 1080. The van der Waals surface area contributed by atoms with Crippen LogP contribution in [0.5, 0.6) is 0 Å². The second-order valence-electron chi connectivity index (χ2n) is 6.38. The lowest BCUT2D eigenvalue weighted by molar-refractivity contribution is 1.13. The summed E-state index contributed by atoms with van der Waals surface area (Å²) in [4.78, 5) is 14.2. The number of hydrogen-bond acceptors (Lipinski definition) is 3. The van der Waals surface area contributed by atoms with E-state index in [1.807, 2.05) is 43.3 Å². The first-order valence-corrected chi connectivity index (χ1v) is 8.40. The summed E-state index contributed by atoms with van der Waals surface area (Å²) in [6.07, 6.45) is 0. The zero-order chi connectivity index (χ0) is 17.4. The Morgan fingerprint density at radius 2 is 1.48 bits per heavy atom. The van der Waals surface area contributed by atoms with Crippen LogP contribution in [0.4, 0.5) is 0 Å². The fraction of sp³-hybridized carbons (Fsp3) is 0.136. The summed E-state index contributed by atoms with van der Waals surface area (Å²) in [6.45, 7) is 6.23. The highest BCUT2D eigenvalue weighted by Crippen LogP contribution is 2.26. The number of rotatable bonds is 2. The monoisotopic (exact) mass is 325 g/mol. The van der Waals surface area contributed by atoms with Crippen molar-refractivity contribution in [3.8, 4) is 22.8 Å². The molecule has 122 valence electrons. The first-order valence-electron chi connectivity index (χ1n) is 8.40. The molecule has 4 rings (SSSR count). The van der Waals surface area contributed by atoms with Crippen molar-refractivity contribution in [1.29, 1.82) is 0 Å². The molecule has 0 saturated heterocycles. The smallest absolute Gasteiger partial charge is 0.178 e. The van der Waals surface area contributed by atoms with Crippen molar-refractivity contribution in [2.24, 2.45) is 0 Å². The molecule has 0 radical (unpaired) electrons. The van der Waals surface area contributed by atoms with Crippen molar-refractivity contribution in [3.05, 3.63) is 77.5 Å². The standard InChI is InChI=1S/C22H19N3/c1-14-11-12-15(2)18(13-14)20-9-6-10-21(24-20)22-23-16(3)17-7-4-5-8-19(17)25-22/h4-13H,1-3H3. The van der Waals surface area contributed by atoms with Crippen LogP contribution >= 0.6 is 0 Å². The quantitative estimate of drug-likeness (QED) is 0.503. The third-order valence-electron chi connectivity index (χ3n) is 4.44. The van der Waals surface area contributed by atoms with Crippen LogP contribution < -0.4 is 0 Å². The third-order valence-corrected chi connectivity index (χ3v) is 4.44. The highest BCUT2D eigenvalue weighted by atomic mass is 14.9. The summed E-state index contributed by atoms with van der Waals surface area (Å²) in [5.41, 5.74) is 7.26. The van der Waals surface area contributed by atoms with Crippen molar-refractivity contribution in [1.82, 2.24) is 15.0 Å². The molecule has 2 heterocycles. The summed E-state index contributed by atoms with van der Waals surface area (Å²) < 4.78 is 0. The van der Waals surface area contributed by atoms with Crippen LogP contribution in [0, 0.1) is 20.8 Å². The lowest BCUT2D eigenvalue weighted by Gasteiger charge is -2.09. The molecule has 0 aliphatic carbocycles. The van der Waals surface area contributed by atoms with Gasteiger partial charge in [0, 0.05) is 16.6 Å². The Balaban J connectivity index is 1.86. The summed E-state index contributed by atoms with van der Waals surface area (Å²) in [5, 5.41) is 1.08. The van der Waals surface area contributed by atoms with Crippen LogP contribution in [-0.4, -0.2) is 15.0 Å². The van der Waals surface area contributed by atoms with Gasteiger partial charge in [0.05, 0.1) is 11.2 Å². The van der Waals surface area contributed by atoms with E-state index < -0.39 is 0 Å². The van der Waals surface area contributed by atoms with Crippen molar-refractivity contribution >= 4 is 10.9 Å². The SMILES string of the molecule is Cc1ccc(C)c(-c2cccc(-c3nc(C)c4ccccc4n3)n2)c1. The second kappa shape index (κ2) is 6.10. The lowest BCUT2D eigenvalue weighted by atomic mass is 10.0. The first kappa shape index (κ1) is 15.5. The summed E-state index contributed by atoms with van der Waals surface area (Å²) in [7, 11) is 0. The summed E-state index contributed by atoms with van der Waals surface area (Å²) >= 11 is 0. The van der Waals surface area contributed by atoms with Gasteiger partial charge in [0.25, 0.3) is 0 Å². The predicted octanol–water partition coefficient (Wildman–Crippen LogP) is 5.28. The average Bonchev–Trinajstić information content (AvgIpc) is 2.64. The Morgan fingerprint density at radius 1 is 0.680 bits per heavy atom. The lowest BCUT2D eigenvalue weighted by Crippen LogP contribution is -1.97. The van der Waals surface area contributed by atoms with Gasteiger partial charge >= 0.3 is 0 Å². The van der Waals surface area contributed by atoms with Crippen molar-refractivity contribution in [2.45, 2.75) is 20.8 Å². The molecule has 0 fully saturated rings. The second-order valence-corrected chi connectivity index (χ2v) is 6.38. The molecule has 0 bridgehead atoms. The molecular weight excluding hydrogens is 306 g/mol. The largest absolute Gasteiger partial charge is 0.244 e. The molecule has 0 aliphatic rings. The van der Waals surface area contributed by atoms with Gasteiger partial charge in [0.2, 0.25) is 0 Å². The van der Waals surface area contributed by atoms with E-state index in [0.717, 1.165) is 33.5 Å². The predicted molar refractivity (Wildman–Crippen MR) is 102 cm³/mol. The molecule has 0 aliphatic heterocycles. The van der Waals surface area contributed by atoms with Crippen molar-refractivity contribution in [2.75, 3.05) is 0 Å². The average molecular weight is 325 g/mol. The molecule has 0 N–H and O–H groups in total. The number of pyridine rings is 1. The van der Waals surface area contributed by atoms with E-state index in [0.29, 0.717) is 5.82 Å². The minimum absolute atomic E-state index is 0.670. The van der Waals surface area contributed by atoms with E-state index in [2.05, 4.69) is 43.1 Å². The molecule has 0 atom stereocenters. The minimum atomic E-state index is 0.670. The third kappa shape index (κ3) is 2.89. The normalized spacial score (nSPS) is 11.0. The van der Waals surface area contributed by atoms with Crippen LogP contribution in [0.15, 0.2) is 60.7 Å². The van der Waals surface area contributed by atoms with Gasteiger partial charge in [-0.1, -0.05) is 42.0 Å².